The van der Waals surface area contributed by atoms with Gasteiger partial charge in [0.25, 0.3) is 0 Å². The zero-order valence-corrected chi connectivity index (χ0v) is 31.0. The lowest BCUT2D eigenvalue weighted by Crippen LogP contribution is -2.15. The van der Waals surface area contributed by atoms with Crippen LogP contribution in [0.25, 0.3) is 65.0 Å². The molecule has 0 saturated heterocycles. The molecular weight excluding hydrogens is 667 g/mol. The van der Waals surface area contributed by atoms with Crippen molar-refractivity contribution in [2.75, 3.05) is 0 Å². The summed E-state index contributed by atoms with van der Waals surface area (Å²) in [5.74, 6) is 0.931. The second-order valence-electron chi connectivity index (χ2n) is 14.3. The first-order chi connectivity index (χ1) is 27.1. The first kappa shape index (κ1) is 33.9. The van der Waals surface area contributed by atoms with Crippen LogP contribution in [-0.4, -0.2) is 11.5 Å². The summed E-state index contributed by atoms with van der Waals surface area (Å²) in [4.78, 5) is 10.5. The van der Waals surface area contributed by atoms with Crippen LogP contribution in [0.1, 0.15) is 42.5 Å². The molecule has 0 aliphatic rings. The Labute approximate surface area is 321 Å². The second kappa shape index (κ2) is 14.5. The molecule has 3 heteroatoms. The number of benzene rings is 9. The van der Waals surface area contributed by atoms with E-state index in [0.717, 1.165) is 39.9 Å². The summed E-state index contributed by atoms with van der Waals surface area (Å²) in [6.45, 7) is 4.89. The summed E-state index contributed by atoms with van der Waals surface area (Å²) in [7, 11) is 0. The molecule has 9 aromatic rings. The molecule has 0 fully saturated rings. The average molecular weight is 706 g/mol. The molecular formula is C52H39N3. The maximum absolute atomic E-state index is 9.35. The van der Waals surface area contributed by atoms with Crippen molar-refractivity contribution in [3.05, 3.63) is 192 Å². The van der Waals surface area contributed by atoms with Gasteiger partial charge in [-0.3, -0.25) is 4.99 Å². The predicted molar refractivity (Wildman–Crippen MR) is 233 cm³/mol. The second-order valence-corrected chi connectivity index (χ2v) is 14.3. The molecule has 0 radical (unpaired) electrons. The lowest BCUT2D eigenvalue weighted by Gasteiger charge is -2.17. The van der Waals surface area contributed by atoms with E-state index < -0.39 is 0 Å². The van der Waals surface area contributed by atoms with Crippen LogP contribution in [0.2, 0.25) is 0 Å². The summed E-state index contributed by atoms with van der Waals surface area (Å²) in [5, 5.41) is 22.1. The number of amidine groups is 1. The Morgan fingerprint density at radius 3 is 1.65 bits per heavy atom. The fourth-order valence-electron chi connectivity index (χ4n) is 8.06. The zero-order valence-electron chi connectivity index (χ0n) is 31.0. The Bertz CT molecular complexity index is 2990. The number of hydrogen-bond acceptors (Lipinski definition) is 2. The highest BCUT2D eigenvalue weighted by Gasteiger charge is 2.18. The van der Waals surface area contributed by atoms with Gasteiger partial charge >= 0.3 is 0 Å². The molecule has 9 aromatic carbocycles. The molecule has 1 unspecified atom stereocenters. The third-order valence-corrected chi connectivity index (χ3v) is 11.0. The van der Waals surface area contributed by atoms with Crippen LogP contribution in [0.3, 0.4) is 0 Å². The van der Waals surface area contributed by atoms with E-state index in [0.29, 0.717) is 17.9 Å². The molecule has 0 bridgehead atoms. The Morgan fingerprint density at radius 2 is 1.05 bits per heavy atom. The summed E-state index contributed by atoms with van der Waals surface area (Å²) < 4.78 is 0. The fraction of sp³-hybridized carbons (Fsp3) is 0.0962. The van der Waals surface area contributed by atoms with Gasteiger partial charge in [0.05, 0.1) is 23.9 Å². The first-order valence-electron chi connectivity index (χ1n) is 19.1. The molecule has 0 aromatic heterocycles. The van der Waals surface area contributed by atoms with E-state index in [4.69, 9.17) is 9.98 Å². The van der Waals surface area contributed by atoms with Crippen molar-refractivity contribution in [3.8, 4) is 17.2 Å². The first-order valence-corrected chi connectivity index (χ1v) is 19.1. The van der Waals surface area contributed by atoms with E-state index in [9.17, 15) is 5.26 Å². The van der Waals surface area contributed by atoms with Gasteiger partial charge in [0, 0.05) is 5.56 Å². The van der Waals surface area contributed by atoms with Crippen LogP contribution in [0.15, 0.2) is 180 Å². The third kappa shape index (κ3) is 6.22. The lowest BCUT2D eigenvalue weighted by atomic mass is 9.86. The van der Waals surface area contributed by atoms with Crippen LogP contribution in [0.5, 0.6) is 0 Å². The highest BCUT2D eigenvalue weighted by atomic mass is 14.9. The minimum atomic E-state index is 0.236. The van der Waals surface area contributed by atoms with E-state index >= 15 is 0 Å². The van der Waals surface area contributed by atoms with Crippen LogP contribution in [0, 0.1) is 17.2 Å². The molecule has 9 rings (SSSR count). The van der Waals surface area contributed by atoms with Crippen molar-refractivity contribution in [2.45, 2.75) is 26.8 Å². The van der Waals surface area contributed by atoms with E-state index in [1.807, 2.05) is 30.3 Å². The van der Waals surface area contributed by atoms with E-state index in [1.54, 1.807) is 0 Å². The topological polar surface area (TPSA) is 48.5 Å². The fourth-order valence-corrected chi connectivity index (χ4v) is 8.06. The average Bonchev–Trinajstić information content (AvgIpc) is 3.26. The minimum absolute atomic E-state index is 0.236. The Kier molecular flexibility index (Phi) is 8.94. The molecule has 0 heterocycles. The zero-order chi connectivity index (χ0) is 37.3. The lowest BCUT2D eigenvalue weighted by molar-refractivity contribution is 0.741. The van der Waals surface area contributed by atoms with Crippen LogP contribution in [0.4, 0.5) is 0 Å². The number of rotatable bonds is 7. The number of nitriles is 1. The third-order valence-electron chi connectivity index (χ3n) is 11.0. The van der Waals surface area contributed by atoms with Gasteiger partial charge in [-0.15, -0.1) is 0 Å². The van der Waals surface area contributed by atoms with Crippen molar-refractivity contribution >= 4 is 65.4 Å². The van der Waals surface area contributed by atoms with Crippen LogP contribution in [-0.2, 0) is 6.54 Å². The smallest absolute Gasteiger partial charge is 0.155 e. The van der Waals surface area contributed by atoms with Crippen molar-refractivity contribution < 1.29 is 0 Å². The molecule has 0 amide bonds. The van der Waals surface area contributed by atoms with Gasteiger partial charge < -0.3 is 0 Å². The van der Waals surface area contributed by atoms with E-state index in [2.05, 4.69) is 159 Å². The molecule has 3 nitrogen and oxygen atoms in total. The van der Waals surface area contributed by atoms with Crippen molar-refractivity contribution in [1.82, 2.24) is 0 Å². The maximum Gasteiger partial charge on any atom is 0.155 e. The highest BCUT2D eigenvalue weighted by molar-refractivity contribution is 6.39. The quantitative estimate of drug-likeness (QED) is 0.0925. The SMILES string of the molecule is CCC(C)/C(=N\C(=N/Cc1ccc(C#N)cc1)c1cccc(-c2ccc3c4ccccc4c4c5ccccc5c5ccccc5c4c3c2)c1)c1ccccc1. The standard InChI is InChI=1S/C52H39N3/c1-3-34(2)51(37-14-5-4-6-15-37)55-52(54-33-36-26-24-35(32-53)25-27-36)40-17-13-16-38(30-40)39-28-29-44-43-20-9-11-22-46(43)49-45-21-10-7-18-41(45)42-19-8-12-23-47(42)50(49)48(44)31-39/h4-31,34H,3,33H2,1-2H3/b54-52-,55-51+. The summed E-state index contributed by atoms with van der Waals surface area (Å²) >= 11 is 0. The summed E-state index contributed by atoms with van der Waals surface area (Å²) in [5.41, 5.74) is 7.01. The predicted octanol–water partition coefficient (Wildman–Crippen LogP) is 13.5. The van der Waals surface area contributed by atoms with Crippen molar-refractivity contribution in [1.29, 1.82) is 5.26 Å². The Balaban J connectivity index is 1.25. The number of nitrogens with zero attached hydrogens (tertiary/aromatic N) is 3. The van der Waals surface area contributed by atoms with Gasteiger partial charge in [-0.05, 0) is 113 Å². The monoisotopic (exact) mass is 705 g/mol. The van der Waals surface area contributed by atoms with Crippen LogP contribution >= 0.6 is 0 Å². The Hall–Kier alpha value is -6.89. The van der Waals surface area contributed by atoms with E-state index in [-0.39, 0.29) is 5.92 Å². The van der Waals surface area contributed by atoms with Crippen molar-refractivity contribution in [2.24, 2.45) is 15.9 Å². The molecule has 1 atom stereocenters. The van der Waals surface area contributed by atoms with Gasteiger partial charge in [-0.2, -0.15) is 5.26 Å². The van der Waals surface area contributed by atoms with E-state index in [1.165, 1.54) is 53.9 Å². The minimum Gasteiger partial charge on any atom is -0.261 e. The normalized spacial score (nSPS) is 12.8. The Morgan fingerprint density at radius 1 is 0.527 bits per heavy atom. The molecule has 0 aliphatic carbocycles. The summed E-state index contributed by atoms with van der Waals surface area (Å²) in [6.07, 6.45) is 0.959. The van der Waals surface area contributed by atoms with Gasteiger partial charge in [0.15, 0.2) is 5.84 Å². The molecule has 0 saturated carbocycles. The number of aliphatic imine (C=N–C) groups is 2. The molecule has 262 valence electrons. The highest BCUT2D eigenvalue weighted by Crippen LogP contribution is 2.44. The largest absolute Gasteiger partial charge is 0.261 e. The van der Waals surface area contributed by atoms with Gasteiger partial charge in [0.1, 0.15) is 0 Å². The molecule has 0 aliphatic heterocycles. The van der Waals surface area contributed by atoms with Gasteiger partial charge in [-0.25, -0.2) is 4.99 Å². The molecule has 55 heavy (non-hydrogen) atoms. The van der Waals surface area contributed by atoms with Crippen molar-refractivity contribution in [3.63, 3.8) is 0 Å². The molecule has 0 N–H and O–H groups in total. The summed E-state index contributed by atoms with van der Waals surface area (Å²) in [6, 6.07) is 62.4. The molecule has 0 spiro atoms. The number of hydrogen-bond donors (Lipinski definition) is 0. The van der Waals surface area contributed by atoms with Gasteiger partial charge in [0.2, 0.25) is 0 Å². The maximum atomic E-state index is 9.35. The number of fused-ring (bicyclic) bond motifs is 11. The van der Waals surface area contributed by atoms with Crippen LogP contribution < -0.4 is 0 Å². The van der Waals surface area contributed by atoms with Gasteiger partial charge in [-0.1, -0.05) is 159 Å².